The van der Waals surface area contributed by atoms with Crippen LogP contribution < -0.4 is 5.32 Å². The zero-order valence-electron chi connectivity index (χ0n) is 12.0. The van der Waals surface area contributed by atoms with E-state index in [-0.39, 0.29) is 11.9 Å². The van der Waals surface area contributed by atoms with E-state index >= 15 is 0 Å². The van der Waals surface area contributed by atoms with Crippen molar-refractivity contribution in [3.8, 4) is 0 Å². The van der Waals surface area contributed by atoms with Crippen LogP contribution in [0.5, 0.6) is 0 Å². The largest absolute Gasteiger partial charge is 0.481 e. The predicted molar refractivity (Wildman–Crippen MR) is 81.1 cm³/mol. The molecule has 0 aliphatic heterocycles. The van der Waals surface area contributed by atoms with E-state index in [0.717, 1.165) is 18.4 Å². The van der Waals surface area contributed by atoms with E-state index in [1.165, 1.54) is 0 Å². The highest BCUT2D eigenvalue weighted by Crippen LogP contribution is 2.31. The van der Waals surface area contributed by atoms with Gasteiger partial charge in [-0.25, -0.2) is 0 Å². The third kappa shape index (κ3) is 3.76. The van der Waals surface area contributed by atoms with Gasteiger partial charge in [0.2, 0.25) is 5.91 Å². The standard InChI is InChI=1S/C16H20ClNO3/c1-10(11-6-4-5-9-14(11)17)18-15(19)12-7-2-3-8-13(12)16(20)21/h4-6,9-10,12-13H,2-3,7-8H2,1H3,(H,18,19)(H,20,21)/t10-,12?,13?/m0/s1. The first-order valence-electron chi connectivity index (χ1n) is 7.28. The van der Waals surface area contributed by atoms with Crippen molar-refractivity contribution < 1.29 is 14.7 Å². The predicted octanol–water partition coefficient (Wildman–Crippen LogP) is 3.41. The van der Waals surface area contributed by atoms with E-state index in [9.17, 15) is 14.7 Å². The lowest BCUT2D eigenvalue weighted by molar-refractivity contribution is -0.149. The average Bonchev–Trinajstić information content (AvgIpc) is 2.47. The van der Waals surface area contributed by atoms with Crippen LogP contribution in [0, 0.1) is 11.8 Å². The van der Waals surface area contributed by atoms with Gasteiger partial charge in [-0.3, -0.25) is 9.59 Å². The molecule has 1 fully saturated rings. The van der Waals surface area contributed by atoms with Gasteiger partial charge in [-0.05, 0) is 31.4 Å². The van der Waals surface area contributed by atoms with Crippen LogP contribution in [0.4, 0.5) is 0 Å². The summed E-state index contributed by atoms with van der Waals surface area (Å²) in [5.74, 6) is -2.08. The van der Waals surface area contributed by atoms with Crippen LogP contribution in [-0.4, -0.2) is 17.0 Å². The first kappa shape index (κ1) is 15.8. The van der Waals surface area contributed by atoms with Crippen molar-refractivity contribution in [3.05, 3.63) is 34.9 Å². The highest BCUT2D eigenvalue weighted by atomic mass is 35.5. The van der Waals surface area contributed by atoms with Crippen molar-refractivity contribution in [2.24, 2.45) is 11.8 Å². The first-order chi connectivity index (χ1) is 10.0. The molecule has 1 aliphatic rings. The molecule has 2 N–H and O–H groups in total. The second-order valence-corrected chi connectivity index (χ2v) is 5.99. The van der Waals surface area contributed by atoms with Gasteiger partial charge in [0.1, 0.15) is 0 Å². The Morgan fingerprint density at radius 2 is 1.86 bits per heavy atom. The molecule has 0 spiro atoms. The maximum Gasteiger partial charge on any atom is 0.307 e. The molecular weight excluding hydrogens is 290 g/mol. The van der Waals surface area contributed by atoms with Crippen molar-refractivity contribution in [2.75, 3.05) is 0 Å². The summed E-state index contributed by atoms with van der Waals surface area (Å²) in [6.07, 6.45) is 3.00. The number of rotatable bonds is 4. The molecule has 0 radical (unpaired) electrons. The summed E-state index contributed by atoms with van der Waals surface area (Å²) < 4.78 is 0. The number of hydrogen-bond acceptors (Lipinski definition) is 2. The Morgan fingerprint density at radius 3 is 2.48 bits per heavy atom. The Bertz CT molecular complexity index is 532. The van der Waals surface area contributed by atoms with Crippen LogP contribution in [0.2, 0.25) is 5.02 Å². The molecule has 0 aromatic heterocycles. The normalized spacial score (nSPS) is 23.3. The zero-order chi connectivity index (χ0) is 15.4. The smallest absolute Gasteiger partial charge is 0.307 e. The third-order valence-electron chi connectivity index (χ3n) is 4.15. The number of hydrogen-bond donors (Lipinski definition) is 2. The Balaban J connectivity index is 2.06. The lowest BCUT2D eigenvalue weighted by atomic mass is 9.78. The fourth-order valence-electron chi connectivity index (χ4n) is 2.96. The number of halogens is 1. The summed E-state index contributed by atoms with van der Waals surface area (Å²) in [5.41, 5.74) is 0.843. The van der Waals surface area contributed by atoms with Gasteiger partial charge in [0.05, 0.1) is 17.9 Å². The highest BCUT2D eigenvalue weighted by Gasteiger charge is 2.36. The van der Waals surface area contributed by atoms with E-state index in [4.69, 9.17) is 11.6 Å². The third-order valence-corrected chi connectivity index (χ3v) is 4.49. The maximum atomic E-state index is 12.4. The van der Waals surface area contributed by atoms with E-state index in [2.05, 4.69) is 5.32 Å². The summed E-state index contributed by atoms with van der Waals surface area (Å²) in [6.45, 7) is 1.86. The topological polar surface area (TPSA) is 66.4 Å². The molecule has 21 heavy (non-hydrogen) atoms. The fourth-order valence-corrected chi connectivity index (χ4v) is 3.26. The lowest BCUT2D eigenvalue weighted by Gasteiger charge is -2.29. The van der Waals surface area contributed by atoms with Gasteiger partial charge < -0.3 is 10.4 Å². The summed E-state index contributed by atoms with van der Waals surface area (Å²) in [7, 11) is 0. The van der Waals surface area contributed by atoms with Crippen LogP contribution in [0.15, 0.2) is 24.3 Å². The van der Waals surface area contributed by atoms with E-state index in [1.807, 2.05) is 25.1 Å². The minimum Gasteiger partial charge on any atom is -0.481 e. The molecule has 1 aliphatic carbocycles. The number of carboxylic acids is 1. The van der Waals surface area contributed by atoms with E-state index in [1.54, 1.807) is 6.07 Å². The van der Waals surface area contributed by atoms with Gasteiger partial charge in [-0.1, -0.05) is 42.6 Å². The van der Waals surface area contributed by atoms with Gasteiger partial charge in [-0.2, -0.15) is 0 Å². The second kappa shape index (κ2) is 6.94. The molecule has 0 heterocycles. The van der Waals surface area contributed by atoms with E-state index < -0.39 is 17.8 Å². The molecule has 1 aromatic rings. The Hall–Kier alpha value is -1.55. The molecule has 1 amide bonds. The zero-order valence-corrected chi connectivity index (χ0v) is 12.8. The molecule has 1 aromatic carbocycles. The molecule has 0 saturated heterocycles. The average molecular weight is 310 g/mol. The van der Waals surface area contributed by atoms with Crippen LogP contribution in [-0.2, 0) is 9.59 Å². The molecule has 4 nitrogen and oxygen atoms in total. The van der Waals surface area contributed by atoms with Gasteiger partial charge >= 0.3 is 5.97 Å². The SMILES string of the molecule is C[C@H](NC(=O)C1CCCCC1C(=O)O)c1ccccc1Cl. The number of nitrogens with one attached hydrogen (secondary N) is 1. The monoisotopic (exact) mass is 309 g/mol. The Labute approximate surface area is 129 Å². The van der Waals surface area contributed by atoms with Crippen LogP contribution >= 0.6 is 11.6 Å². The highest BCUT2D eigenvalue weighted by molar-refractivity contribution is 6.31. The van der Waals surface area contributed by atoms with Gasteiger partial charge in [0, 0.05) is 5.02 Å². The van der Waals surface area contributed by atoms with Crippen molar-refractivity contribution in [1.82, 2.24) is 5.32 Å². The molecule has 2 unspecified atom stereocenters. The molecule has 0 bridgehead atoms. The number of carbonyl (C=O) groups is 2. The minimum absolute atomic E-state index is 0.186. The van der Waals surface area contributed by atoms with E-state index in [0.29, 0.717) is 17.9 Å². The number of benzene rings is 1. The number of carboxylic acid groups (broad SMARTS) is 1. The lowest BCUT2D eigenvalue weighted by Crippen LogP contribution is -2.40. The summed E-state index contributed by atoms with van der Waals surface area (Å²) in [4.78, 5) is 23.7. The van der Waals surface area contributed by atoms with Crippen LogP contribution in [0.3, 0.4) is 0 Å². The van der Waals surface area contributed by atoms with Gasteiger partial charge in [0.25, 0.3) is 0 Å². The van der Waals surface area contributed by atoms with Gasteiger partial charge in [0.15, 0.2) is 0 Å². The van der Waals surface area contributed by atoms with Gasteiger partial charge in [-0.15, -0.1) is 0 Å². The Kier molecular flexibility index (Phi) is 5.23. The van der Waals surface area contributed by atoms with Crippen molar-refractivity contribution >= 4 is 23.5 Å². The number of aliphatic carboxylic acids is 1. The quantitative estimate of drug-likeness (QED) is 0.895. The molecule has 114 valence electrons. The second-order valence-electron chi connectivity index (χ2n) is 5.59. The van der Waals surface area contributed by atoms with Crippen LogP contribution in [0.25, 0.3) is 0 Å². The maximum absolute atomic E-state index is 12.4. The summed E-state index contributed by atoms with van der Waals surface area (Å²) in [6, 6.07) is 7.11. The number of carbonyl (C=O) groups excluding carboxylic acids is 1. The first-order valence-corrected chi connectivity index (χ1v) is 7.66. The molecule has 5 heteroatoms. The summed E-state index contributed by atoms with van der Waals surface area (Å²) >= 11 is 6.12. The summed E-state index contributed by atoms with van der Waals surface area (Å²) in [5, 5.41) is 12.8. The minimum atomic E-state index is -0.875. The van der Waals surface area contributed by atoms with Crippen molar-refractivity contribution in [2.45, 2.75) is 38.6 Å². The molecular formula is C16H20ClNO3. The fraction of sp³-hybridized carbons (Fsp3) is 0.500. The van der Waals surface area contributed by atoms with Crippen molar-refractivity contribution in [1.29, 1.82) is 0 Å². The van der Waals surface area contributed by atoms with Crippen molar-refractivity contribution in [3.63, 3.8) is 0 Å². The van der Waals surface area contributed by atoms with Crippen LogP contribution in [0.1, 0.15) is 44.2 Å². The number of amides is 1. The molecule has 2 rings (SSSR count). The Morgan fingerprint density at radius 1 is 1.24 bits per heavy atom. The molecule has 1 saturated carbocycles. The molecule has 3 atom stereocenters.